The fourth-order valence-corrected chi connectivity index (χ4v) is 1.51. The molecule has 0 aromatic heterocycles. The Morgan fingerprint density at radius 2 is 2.08 bits per heavy atom. The van der Waals surface area contributed by atoms with Crippen LogP contribution in [0.2, 0.25) is 0 Å². The zero-order chi connectivity index (χ0) is 10.0. The highest BCUT2D eigenvalue weighted by Crippen LogP contribution is 2.23. The van der Waals surface area contributed by atoms with Crippen LogP contribution in [-0.2, 0) is 4.79 Å². The Kier molecular flexibility index (Phi) is 2.94. The lowest BCUT2D eigenvalue weighted by Crippen LogP contribution is -2.17. The Hall–Kier alpha value is -1.02. The Morgan fingerprint density at radius 1 is 1.46 bits per heavy atom. The molecule has 70 valence electrons. The van der Waals surface area contributed by atoms with Gasteiger partial charge in [-0.3, -0.25) is 4.79 Å². The molecule has 0 bridgehead atoms. The average Bonchev–Trinajstić information content (AvgIpc) is 2.03. The number of rotatable bonds is 2. The molecule has 0 radical (unpaired) electrons. The summed E-state index contributed by atoms with van der Waals surface area (Å²) in [7, 11) is 0. The first-order chi connectivity index (χ1) is 6.02. The van der Waals surface area contributed by atoms with Crippen LogP contribution >= 0.6 is 11.6 Å². The van der Waals surface area contributed by atoms with Gasteiger partial charge in [0, 0.05) is 0 Å². The number of primary amides is 1. The molecule has 13 heavy (non-hydrogen) atoms. The first-order valence-corrected chi connectivity index (χ1v) is 4.46. The molecule has 0 heterocycles. The molecule has 2 nitrogen and oxygen atoms in total. The van der Waals surface area contributed by atoms with Crippen LogP contribution in [0.15, 0.2) is 18.2 Å². The minimum absolute atomic E-state index is 0.506. The summed E-state index contributed by atoms with van der Waals surface area (Å²) in [5, 5.41) is -0.722. The van der Waals surface area contributed by atoms with E-state index in [0.29, 0.717) is 0 Å². The van der Waals surface area contributed by atoms with Crippen molar-refractivity contribution in [1.29, 1.82) is 0 Å². The van der Waals surface area contributed by atoms with E-state index in [-0.39, 0.29) is 0 Å². The van der Waals surface area contributed by atoms with E-state index in [2.05, 4.69) is 0 Å². The van der Waals surface area contributed by atoms with Gasteiger partial charge in [-0.1, -0.05) is 23.8 Å². The van der Waals surface area contributed by atoms with Gasteiger partial charge in [-0.2, -0.15) is 0 Å². The summed E-state index contributed by atoms with van der Waals surface area (Å²) < 4.78 is 0. The van der Waals surface area contributed by atoms with E-state index >= 15 is 0 Å². The Balaban J connectivity index is 3.08. The number of carbonyl (C=O) groups is 1. The molecule has 0 aliphatic carbocycles. The first kappa shape index (κ1) is 10.1. The molecule has 1 unspecified atom stereocenters. The van der Waals surface area contributed by atoms with Crippen molar-refractivity contribution in [2.24, 2.45) is 5.73 Å². The molecular weight excluding hydrogens is 186 g/mol. The van der Waals surface area contributed by atoms with Crippen LogP contribution in [0.1, 0.15) is 22.1 Å². The molecule has 0 saturated heterocycles. The third kappa shape index (κ3) is 2.22. The van der Waals surface area contributed by atoms with Crippen LogP contribution in [0.4, 0.5) is 0 Å². The predicted molar refractivity (Wildman–Crippen MR) is 53.7 cm³/mol. The topological polar surface area (TPSA) is 43.1 Å². The zero-order valence-electron chi connectivity index (χ0n) is 7.67. The van der Waals surface area contributed by atoms with Gasteiger partial charge in [-0.05, 0) is 25.0 Å². The summed E-state index contributed by atoms with van der Waals surface area (Å²) in [6, 6.07) is 5.74. The van der Waals surface area contributed by atoms with E-state index in [0.717, 1.165) is 16.7 Å². The van der Waals surface area contributed by atoms with Gasteiger partial charge in [0.15, 0.2) is 0 Å². The lowest BCUT2D eigenvalue weighted by atomic mass is 10.0. The Morgan fingerprint density at radius 3 is 2.54 bits per heavy atom. The number of hydrogen-bond donors (Lipinski definition) is 1. The maximum absolute atomic E-state index is 10.8. The van der Waals surface area contributed by atoms with Gasteiger partial charge in [0.2, 0.25) is 5.91 Å². The quantitative estimate of drug-likeness (QED) is 0.725. The van der Waals surface area contributed by atoms with Crippen LogP contribution in [-0.4, -0.2) is 5.91 Å². The lowest BCUT2D eigenvalue weighted by molar-refractivity contribution is -0.117. The molecule has 1 amide bonds. The number of amides is 1. The highest BCUT2D eigenvalue weighted by molar-refractivity contribution is 6.30. The van der Waals surface area contributed by atoms with Gasteiger partial charge in [0.1, 0.15) is 5.38 Å². The second kappa shape index (κ2) is 3.79. The van der Waals surface area contributed by atoms with Gasteiger partial charge in [0.25, 0.3) is 0 Å². The standard InChI is InChI=1S/C10H12ClNO/c1-6-3-4-8(7(2)5-6)9(11)10(12)13/h3-5,9H,1-2H3,(H2,12,13). The van der Waals surface area contributed by atoms with E-state index in [4.69, 9.17) is 17.3 Å². The summed E-state index contributed by atoms with van der Waals surface area (Å²) in [5.74, 6) is -0.506. The van der Waals surface area contributed by atoms with E-state index in [1.807, 2.05) is 32.0 Å². The summed E-state index contributed by atoms with van der Waals surface area (Å²) in [6.45, 7) is 3.91. The third-order valence-electron chi connectivity index (χ3n) is 1.95. The van der Waals surface area contributed by atoms with Crippen molar-refractivity contribution in [2.45, 2.75) is 19.2 Å². The number of aryl methyl sites for hydroxylation is 2. The normalized spacial score (nSPS) is 12.5. The lowest BCUT2D eigenvalue weighted by Gasteiger charge is -2.09. The second-order valence-corrected chi connectivity index (χ2v) is 3.56. The van der Waals surface area contributed by atoms with Crippen LogP contribution in [0.25, 0.3) is 0 Å². The van der Waals surface area contributed by atoms with Gasteiger partial charge >= 0.3 is 0 Å². The number of benzene rings is 1. The van der Waals surface area contributed by atoms with Gasteiger partial charge < -0.3 is 5.73 Å². The molecule has 1 atom stereocenters. The molecule has 0 fully saturated rings. The highest BCUT2D eigenvalue weighted by atomic mass is 35.5. The number of carbonyl (C=O) groups excluding carboxylic acids is 1. The molecule has 1 aromatic carbocycles. The SMILES string of the molecule is Cc1ccc(C(Cl)C(N)=O)c(C)c1. The maximum Gasteiger partial charge on any atom is 0.240 e. The average molecular weight is 198 g/mol. The van der Waals surface area contributed by atoms with Crippen molar-refractivity contribution >= 4 is 17.5 Å². The van der Waals surface area contributed by atoms with Crippen LogP contribution in [0, 0.1) is 13.8 Å². The van der Waals surface area contributed by atoms with Crippen molar-refractivity contribution < 1.29 is 4.79 Å². The smallest absolute Gasteiger partial charge is 0.240 e. The molecule has 0 saturated carbocycles. The number of nitrogens with two attached hydrogens (primary N) is 1. The summed E-state index contributed by atoms with van der Waals surface area (Å²) in [6.07, 6.45) is 0. The molecule has 0 spiro atoms. The molecule has 2 N–H and O–H groups in total. The van der Waals surface area contributed by atoms with Gasteiger partial charge in [0.05, 0.1) is 0 Å². The maximum atomic E-state index is 10.8. The Bertz CT molecular complexity index is 336. The van der Waals surface area contributed by atoms with Crippen molar-refractivity contribution in [1.82, 2.24) is 0 Å². The molecule has 0 aliphatic rings. The monoisotopic (exact) mass is 197 g/mol. The molecular formula is C10H12ClNO. The molecule has 3 heteroatoms. The van der Waals surface area contributed by atoms with Gasteiger partial charge in [-0.25, -0.2) is 0 Å². The molecule has 1 aromatic rings. The van der Waals surface area contributed by atoms with Crippen molar-refractivity contribution in [2.75, 3.05) is 0 Å². The fraction of sp³-hybridized carbons (Fsp3) is 0.300. The largest absolute Gasteiger partial charge is 0.368 e. The fourth-order valence-electron chi connectivity index (χ4n) is 1.26. The minimum Gasteiger partial charge on any atom is -0.368 e. The van der Waals surface area contributed by atoms with Crippen molar-refractivity contribution in [3.05, 3.63) is 34.9 Å². The van der Waals surface area contributed by atoms with E-state index < -0.39 is 11.3 Å². The van der Waals surface area contributed by atoms with E-state index in [1.165, 1.54) is 0 Å². The number of alkyl halides is 1. The van der Waals surface area contributed by atoms with Crippen molar-refractivity contribution in [3.63, 3.8) is 0 Å². The Labute approximate surface area is 82.7 Å². The second-order valence-electron chi connectivity index (χ2n) is 3.12. The van der Waals surface area contributed by atoms with Crippen LogP contribution in [0.3, 0.4) is 0 Å². The van der Waals surface area contributed by atoms with Crippen LogP contribution < -0.4 is 5.73 Å². The van der Waals surface area contributed by atoms with E-state index in [9.17, 15) is 4.79 Å². The minimum atomic E-state index is -0.722. The zero-order valence-corrected chi connectivity index (χ0v) is 8.43. The number of hydrogen-bond acceptors (Lipinski definition) is 1. The first-order valence-electron chi connectivity index (χ1n) is 4.03. The van der Waals surface area contributed by atoms with Crippen molar-refractivity contribution in [3.8, 4) is 0 Å². The predicted octanol–water partition coefficient (Wildman–Crippen LogP) is 2.07. The van der Waals surface area contributed by atoms with Gasteiger partial charge in [-0.15, -0.1) is 11.6 Å². The third-order valence-corrected chi connectivity index (χ3v) is 2.40. The summed E-state index contributed by atoms with van der Waals surface area (Å²) in [5.41, 5.74) is 8.04. The number of halogens is 1. The molecule has 1 rings (SSSR count). The summed E-state index contributed by atoms with van der Waals surface area (Å²) in [4.78, 5) is 10.8. The summed E-state index contributed by atoms with van der Waals surface area (Å²) >= 11 is 5.82. The van der Waals surface area contributed by atoms with Crippen LogP contribution in [0.5, 0.6) is 0 Å². The van der Waals surface area contributed by atoms with E-state index in [1.54, 1.807) is 0 Å². The highest BCUT2D eigenvalue weighted by Gasteiger charge is 2.15. The molecule has 0 aliphatic heterocycles.